The zero-order valence-corrected chi connectivity index (χ0v) is 12.2. The van der Waals surface area contributed by atoms with Crippen molar-refractivity contribution in [3.63, 3.8) is 0 Å². The van der Waals surface area contributed by atoms with Crippen LogP contribution in [-0.2, 0) is 4.79 Å². The van der Waals surface area contributed by atoms with E-state index in [1.54, 1.807) is 18.2 Å². The molecule has 0 spiro atoms. The van der Waals surface area contributed by atoms with Gasteiger partial charge >= 0.3 is 0 Å². The topological polar surface area (TPSA) is 33.5 Å². The van der Waals surface area contributed by atoms with E-state index in [0.29, 0.717) is 33.9 Å². The Labute approximate surface area is 121 Å². The monoisotopic (exact) mass is 307 g/mol. The number of carbonyl (C=O) groups is 1. The highest BCUT2D eigenvalue weighted by molar-refractivity contribution is 6.42. The Morgan fingerprint density at radius 1 is 1.33 bits per heavy atom. The van der Waals surface area contributed by atoms with Gasteiger partial charge in [-0.2, -0.15) is 0 Å². The number of rotatable bonds is 5. The Morgan fingerprint density at radius 3 is 2.56 bits per heavy atom. The van der Waals surface area contributed by atoms with Crippen molar-refractivity contribution in [3.8, 4) is 0 Å². The molecular formula is C12H14Cl3N2O+. The highest BCUT2D eigenvalue weighted by atomic mass is 35.5. The third-order valence-electron chi connectivity index (χ3n) is 2.16. The number of benzene rings is 1. The molecule has 98 valence electrons. The first-order valence-electron chi connectivity index (χ1n) is 5.28. The van der Waals surface area contributed by atoms with Gasteiger partial charge in [0.2, 0.25) is 0 Å². The molecule has 1 aromatic carbocycles. The van der Waals surface area contributed by atoms with E-state index < -0.39 is 0 Å². The number of amides is 1. The summed E-state index contributed by atoms with van der Waals surface area (Å²) in [5.74, 6) is -0.121. The summed E-state index contributed by atoms with van der Waals surface area (Å²) in [6.07, 6.45) is 0. The van der Waals surface area contributed by atoms with E-state index in [0.717, 1.165) is 4.90 Å². The lowest BCUT2D eigenvalue weighted by atomic mass is 10.3. The fourth-order valence-corrected chi connectivity index (χ4v) is 1.97. The molecular weight excluding hydrogens is 295 g/mol. The number of anilines is 1. The highest BCUT2D eigenvalue weighted by Crippen LogP contribution is 2.24. The number of quaternary nitrogens is 1. The van der Waals surface area contributed by atoms with E-state index in [2.05, 4.69) is 11.9 Å². The van der Waals surface area contributed by atoms with E-state index in [1.165, 1.54) is 0 Å². The molecule has 0 bridgehead atoms. The van der Waals surface area contributed by atoms with Crippen LogP contribution in [0.25, 0.3) is 0 Å². The number of hydrogen-bond acceptors (Lipinski definition) is 1. The number of likely N-dealkylation sites (N-methyl/N-ethyl adjacent to an activating group) is 1. The van der Waals surface area contributed by atoms with Crippen LogP contribution in [0.2, 0.25) is 10.0 Å². The number of carbonyl (C=O) groups excluding carboxylic acids is 1. The summed E-state index contributed by atoms with van der Waals surface area (Å²) in [7, 11) is 1.86. The minimum atomic E-state index is -0.121. The summed E-state index contributed by atoms with van der Waals surface area (Å²) < 4.78 is 0. The van der Waals surface area contributed by atoms with E-state index in [4.69, 9.17) is 34.8 Å². The molecule has 1 unspecified atom stereocenters. The molecule has 0 aliphatic rings. The van der Waals surface area contributed by atoms with Crippen LogP contribution in [0.15, 0.2) is 29.8 Å². The molecule has 6 heteroatoms. The minimum absolute atomic E-state index is 0.121. The first kappa shape index (κ1) is 15.3. The van der Waals surface area contributed by atoms with E-state index in [1.807, 2.05) is 7.05 Å². The average Bonchev–Trinajstić information content (AvgIpc) is 2.21. The Balaban J connectivity index is 2.54. The van der Waals surface area contributed by atoms with Crippen molar-refractivity contribution in [1.82, 2.24) is 0 Å². The van der Waals surface area contributed by atoms with Crippen LogP contribution in [0, 0.1) is 0 Å². The first-order chi connectivity index (χ1) is 8.38. The van der Waals surface area contributed by atoms with Crippen LogP contribution in [0.3, 0.4) is 0 Å². The van der Waals surface area contributed by atoms with Crippen LogP contribution in [0.4, 0.5) is 5.69 Å². The van der Waals surface area contributed by atoms with Gasteiger partial charge in [0.05, 0.1) is 22.1 Å². The molecule has 1 atom stereocenters. The molecule has 1 rings (SSSR count). The molecule has 0 fully saturated rings. The average molecular weight is 309 g/mol. The second-order valence-corrected chi connectivity index (χ2v) is 5.35. The van der Waals surface area contributed by atoms with Gasteiger partial charge < -0.3 is 10.2 Å². The second kappa shape index (κ2) is 7.00. The molecule has 0 aliphatic heterocycles. The van der Waals surface area contributed by atoms with Gasteiger partial charge in [0, 0.05) is 5.69 Å². The molecule has 18 heavy (non-hydrogen) atoms. The Kier molecular flexibility index (Phi) is 5.96. The van der Waals surface area contributed by atoms with Crippen molar-refractivity contribution in [2.24, 2.45) is 0 Å². The van der Waals surface area contributed by atoms with Crippen molar-refractivity contribution >= 4 is 46.4 Å². The molecule has 0 radical (unpaired) electrons. The van der Waals surface area contributed by atoms with Gasteiger partial charge in [-0.05, 0) is 18.2 Å². The van der Waals surface area contributed by atoms with Gasteiger partial charge in [0.1, 0.15) is 6.54 Å². The Morgan fingerprint density at radius 2 is 2.00 bits per heavy atom. The summed E-state index contributed by atoms with van der Waals surface area (Å²) in [6, 6.07) is 4.94. The zero-order valence-electron chi connectivity index (χ0n) is 9.90. The Bertz CT molecular complexity index is 463. The molecule has 1 aromatic rings. The van der Waals surface area contributed by atoms with Gasteiger partial charge in [-0.25, -0.2) is 0 Å². The van der Waals surface area contributed by atoms with Crippen molar-refractivity contribution < 1.29 is 9.69 Å². The van der Waals surface area contributed by atoms with Crippen LogP contribution in [0.1, 0.15) is 0 Å². The van der Waals surface area contributed by atoms with Crippen molar-refractivity contribution in [2.75, 3.05) is 25.5 Å². The van der Waals surface area contributed by atoms with Crippen LogP contribution < -0.4 is 10.2 Å². The lowest BCUT2D eigenvalue weighted by Gasteiger charge is -2.13. The van der Waals surface area contributed by atoms with Crippen molar-refractivity contribution in [2.45, 2.75) is 0 Å². The normalized spacial score (nSPS) is 12.0. The smallest absolute Gasteiger partial charge is 0.279 e. The van der Waals surface area contributed by atoms with E-state index in [-0.39, 0.29) is 5.91 Å². The molecule has 1 amide bonds. The fraction of sp³-hybridized carbons (Fsp3) is 0.250. The second-order valence-electron chi connectivity index (χ2n) is 4.00. The van der Waals surface area contributed by atoms with Crippen LogP contribution >= 0.6 is 34.8 Å². The fourth-order valence-electron chi connectivity index (χ4n) is 1.44. The quantitative estimate of drug-likeness (QED) is 0.859. The van der Waals surface area contributed by atoms with Gasteiger partial charge in [-0.15, -0.1) is 0 Å². The maximum Gasteiger partial charge on any atom is 0.279 e. The summed E-state index contributed by atoms with van der Waals surface area (Å²) in [5, 5.41) is 4.12. The van der Waals surface area contributed by atoms with Gasteiger partial charge in [0.15, 0.2) is 6.54 Å². The SMILES string of the molecule is C=C(Cl)C[NH+](C)CC(=O)Nc1ccc(Cl)c(Cl)c1. The zero-order chi connectivity index (χ0) is 13.7. The van der Waals surface area contributed by atoms with Crippen LogP contribution in [0.5, 0.6) is 0 Å². The van der Waals surface area contributed by atoms with Crippen molar-refractivity contribution in [1.29, 1.82) is 0 Å². The standard InChI is InChI=1S/C12H13Cl3N2O/c1-8(13)6-17(2)7-12(18)16-9-3-4-10(14)11(15)5-9/h3-5H,1,6-7H2,2H3,(H,16,18)/p+1. The maximum atomic E-state index is 11.7. The molecule has 0 heterocycles. The van der Waals surface area contributed by atoms with E-state index >= 15 is 0 Å². The molecule has 0 aliphatic carbocycles. The Hall–Kier alpha value is -0.740. The molecule has 0 saturated carbocycles. The summed E-state index contributed by atoms with van der Waals surface area (Å²) in [5.41, 5.74) is 0.618. The maximum absolute atomic E-state index is 11.7. The van der Waals surface area contributed by atoms with Gasteiger partial charge in [-0.3, -0.25) is 4.79 Å². The van der Waals surface area contributed by atoms with Gasteiger partial charge in [0.25, 0.3) is 5.91 Å². The number of halogens is 3. The summed E-state index contributed by atoms with van der Waals surface area (Å²) >= 11 is 17.3. The largest absolute Gasteiger partial charge is 0.325 e. The summed E-state index contributed by atoms with van der Waals surface area (Å²) in [6.45, 7) is 4.42. The number of hydrogen-bond donors (Lipinski definition) is 2. The predicted molar refractivity (Wildman–Crippen MR) is 76.7 cm³/mol. The third kappa shape index (κ3) is 5.27. The number of nitrogens with one attached hydrogen (secondary N) is 2. The molecule has 3 nitrogen and oxygen atoms in total. The summed E-state index contributed by atoms with van der Waals surface area (Å²) in [4.78, 5) is 12.7. The van der Waals surface area contributed by atoms with E-state index in [9.17, 15) is 4.79 Å². The predicted octanol–water partition coefficient (Wildman–Crippen LogP) is 2.20. The molecule has 2 N–H and O–H groups in total. The lowest BCUT2D eigenvalue weighted by molar-refractivity contribution is -0.865. The molecule has 0 saturated heterocycles. The third-order valence-corrected chi connectivity index (χ3v) is 3.03. The van der Waals surface area contributed by atoms with Crippen molar-refractivity contribution in [3.05, 3.63) is 39.9 Å². The lowest BCUT2D eigenvalue weighted by Crippen LogP contribution is -3.10. The molecule has 0 aromatic heterocycles. The van der Waals surface area contributed by atoms with Gasteiger partial charge in [-0.1, -0.05) is 41.4 Å². The highest BCUT2D eigenvalue weighted by Gasteiger charge is 2.11. The van der Waals surface area contributed by atoms with Crippen LogP contribution in [-0.4, -0.2) is 26.0 Å². The minimum Gasteiger partial charge on any atom is -0.325 e. The first-order valence-corrected chi connectivity index (χ1v) is 6.41.